The molecule has 0 aromatic carbocycles. The molecular formula is C12H23NO. The Kier molecular flexibility index (Phi) is 2.85. The normalized spacial score (nSPS) is 40.1. The number of ether oxygens (including phenoxy) is 1. The SMILES string of the molecule is CCC1CC1NCC1CCC(C)(C)O1. The van der Waals surface area contributed by atoms with Crippen molar-refractivity contribution in [3.8, 4) is 0 Å². The molecule has 0 aromatic rings. The number of hydrogen-bond acceptors (Lipinski definition) is 2. The van der Waals surface area contributed by atoms with E-state index in [1.165, 1.54) is 25.7 Å². The van der Waals surface area contributed by atoms with Crippen LogP contribution in [0.3, 0.4) is 0 Å². The molecule has 1 aliphatic heterocycles. The molecule has 3 atom stereocenters. The van der Waals surface area contributed by atoms with Gasteiger partial charge in [0.25, 0.3) is 0 Å². The van der Waals surface area contributed by atoms with Gasteiger partial charge in [-0.1, -0.05) is 13.3 Å². The summed E-state index contributed by atoms with van der Waals surface area (Å²) in [6, 6.07) is 0.798. The Morgan fingerprint density at radius 3 is 2.71 bits per heavy atom. The Hall–Kier alpha value is -0.0800. The average Bonchev–Trinajstić information content (AvgIpc) is 2.81. The van der Waals surface area contributed by atoms with Gasteiger partial charge in [0, 0.05) is 12.6 Å². The van der Waals surface area contributed by atoms with Crippen LogP contribution in [-0.2, 0) is 4.74 Å². The van der Waals surface area contributed by atoms with Gasteiger partial charge in [0.1, 0.15) is 0 Å². The van der Waals surface area contributed by atoms with Crippen LogP contribution in [0.4, 0.5) is 0 Å². The first-order chi connectivity index (χ1) is 6.61. The Balaban J connectivity index is 1.63. The molecule has 0 bridgehead atoms. The van der Waals surface area contributed by atoms with Crippen molar-refractivity contribution in [2.24, 2.45) is 5.92 Å². The molecule has 0 radical (unpaired) electrons. The lowest BCUT2D eigenvalue weighted by Crippen LogP contribution is -2.31. The smallest absolute Gasteiger partial charge is 0.0707 e. The predicted molar refractivity (Wildman–Crippen MR) is 58.4 cm³/mol. The topological polar surface area (TPSA) is 21.3 Å². The van der Waals surface area contributed by atoms with E-state index in [0.29, 0.717) is 6.10 Å². The summed E-state index contributed by atoms with van der Waals surface area (Å²) in [5.41, 5.74) is 0.125. The van der Waals surface area contributed by atoms with Gasteiger partial charge in [0.15, 0.2) is 0 Å². The van der Waals surface area contributed by atoms with E-state index >= 15 is 0 Å². The molecule has 14 heavy (non-hydrogen) atoms. The molecule has 2 aliphatic rings. The fraction of sp³-hybridized carbons (Fsp3) is 1.00. The second kappa shape index (κ2) is 3.82. The highest BCUT2D eigenvalue weighted by molar-refractivity contribution is 4.93. The summed E-state index contributed by atoms with van der Waals surface area (Å²) in [5.74, 6) is 0.949. The van der Waals surface area contributed by atoms with Crippen LogP contribution in [0.2, 0.25) is 0 Å². The van der Waals surface area contributed by atoms with Crippen molar-refractivity contribution in [2.45, 2.75) is 64.2 Å². The molecule has 82 valence electrons. The second-order valence-electron chi connectivity index (χ2n) is 5.46. The van der Waals surface area contributed by atoms with Crippen molar-refractivity contribution < 1.29 is 4.74 Å². The lowest BCUT2D eigenvalue weighted by atomic mass is 10.1. The van der Waals surface area contributed by atoms with E-state index in [4.69, 9.17) is 4.74 Å². The lowest BCUT2D eigenvalue weighted by Gasteiger charge is -2.19. The van der Waals surface area contributed by atoms with Gasteiger partial charge in [-0.05, 0) is 39.0 Å². The van der Waals surface area contributed by atoms with Crippen LogP contribution in [0.1, 0.15) is 46.5 Å². The first-order valence-electron chi connectivity index (χ1n) is 6.02. The van der Waals surface area contributed by atoms with Crippen molar-refractivity contribution in [3.63, 3.8) is 0 Å². The zero-order chi connectivity index (χ0) is 10.2. The van der Waals surface area contributed by atoms with Crippen LogP contribution in [0.5, 0.6) is 0 Å². The van der Waals surface area contributed by atoms with Gasteiger partial charge in [0.2, 0.25) is 0 Å². The maximum absolute atomic E-state index is 5.93. The molecule has 0 spiro atoms. The highest BCUT2D eigenvalue weighted by Gasteiger charge is 2.37. The third kappa shape index (κ3) is 2.48. The van der Waals surface area contributed by atoms with E-state index in [2.05, 4.69) is 26.1 Å². The molecule has 0 aromatic heterocycles. The summed E-state index contributed by atoms with van der Waals surface area (Å²) in [4.78, 5) is 0. The van der Waals surface area contributed by atoms with E-state index < -0.39 is 0 Å². The Labute approximate surface area is 87.4 Å². The standard InChI is InChI=1S/C12H23NO/c1-4-9-7-11(9)13-8-10-5-6-12(2,3)14-10/h9-11,13H,4-8H2,1-3H3. The molecule has 3 unspecified atom stereocenters. The van der Waals surface area contributed by atoms with Crippen LogP contribution < -0.4 is 5.32 Å². The monoisotopic (exact) mass is 197 g/mol. The summed E-state index contributed by atoms with van der Waals surface area (Å²) in [5, 5.41) is 3.61. The minimum Gasteiger partial charge on any atom is -0.371 e. The van der Waals surface area contributed by atoms with Gasteiger partial charge in [-0.15, -0.1) is 0 Å². The summed E-state index contributed by atoms with van der Waals surface area (Å²) >= 11 is 0. The molecule has 2 heteroatoms. The quantitative estimate of drug-likeness (QED) is 0.747. The molecule has 1 N–H and O–H groups in total. The summed E-state index contributed by atoms with van der Waals surface area (Å²) in [7, 11) is 0. The van der Waals surface area contributed by atoms with Gasteiger partial charge in [-0.25, -0.2) is 0 Å². The molecular weight excluding hydrogens is 174 g/mol. The Morgan fingerprint density at radius 1 is 1.43 bits per heavy atom. The molecule has 1 heterocycles. The third-order valence-electron chi connectivity index (χ3n) is 3.61. The van der Waals surface area contributed by atoms with Crippen molar-refractivity contribution in [3.05, 3.63) is 0 Å². The fourth-order valence-electron chi connectivity index (χ4n) is 2.45. The summed E-state index contributed by atoms with van der Waals surface area (Å²) < 4.78 is 5.93. The van der Waals surface area contributed by atoms with Crippen molar-refractivity contribution >= 4 is 0 Å². The van der Waals surface area contributed by atoms with Crippen LogP contribution in [-0.4, -0.2) is 24.3 Å². The zero-order valence-corrected chi connectivity index (χ0v) is 9.68. The largest absolute Gasteiger partial charge is 0.371 e. The highest BCUT2D eigenvalue weighted by Crippen LogP contribution is 2.34. The van der Waals surface area contributed by atoms with E-state index in [1.54, 1.807) is 0 Å². The summed E-state index contributed by atoms with van der Waals surface area (Å²) in [6.07, 6.45) is 5.61. The fourth-order valence-corrected chi connectivity index (χ4v) is 2.45. The van der Waals surface area contributed by atoms with Crippen molar-refractivity contribution in [1.82, 2.24) is 5.32 Å². The van der Waals surface area contributed by atoms with Gasteiger partial charge in [-0.2, -0.15) is 0 Å². The molecule has 1 saturated carbocycles. The minimum absolute atomic E-state index is 0.125. The molecule has 1 aliphatic carbocycles. The van der Waals surface area contributed by atoms with Crippen LogP contribution in [0.25, 0.3) is 0 Å². The Bertz CT molecular complexity index is 202. The van der Waals surface area contributed by atoms with Crippen LogP contribution in [0, 0.1) is 5.92 Å². The van der Waals surface area contributed by atoms with E-state index in [0.717, 1.165) is 18.5 Å². The zero-order valence-electron chi connectivity index (χ0n) is 9.68. The van der Waals surface area contributed by atoms with E-state index in [1.807, 2.05) is 0 Å². The van der Waals surface area contributed by atoms with Crippen molar-refractivity contribution in [2.75, 3.05) is 6.54 Å². The van der Waals surface area contributed by atoms with Crippen LogP contribution in [0.15, 0.2) is 0 Å². The third-order valence-corrected chi connectivity index (χ3v) is 3.61. The number of hydrogen-bond donors (Lipinski definition) is 1. The Morgan fingerprint density at radius 2 is 2.21 bits per heavy atom. The maximum atomic E-state index is 5.93. The first kappa shape index (κ1) is 10.4. The van der Waals surface area contributed by atoms with Crippen LogP contribution >= 0.6 is 0 Å². The van der Waals surface area contributed by atoms with E-state index in [-0.39, 0.29) is 5.60 Å². The van der Waals surface area contributed by atoms with Gasteiger partial charge < -0.3 is 10.1 Å². The van der Waals surface area contributed by atoms with Crippen molar-refractivity contribution in [1.29, 1.82) is 0 Å². The predicted octanol–water partition coefficient (Wildman–Crippen LogP) is 2.33. The minimum atomic E-state index is 0.125. The molecule has 1 saturated heterocycles. The highest BCUT2D eigenvalue weighted by atomic mass is 16.5. The first-order valence-corrected chi connectivity index (χ1v) is 6.02. The lowest BCUT2D eigenvalue weighted by molar-refractivity contribution is -0.0144. The molecule has 0 amide bonds. The molecule has 2 nitrogen and oxygen atoms in total. The maximum Gasteiger partial charge on any atom is 0.0707 e. The summed E-state index contributed by atoms with van der Waals surface area (Å²) in [6.45, 7) is 7.73. The average molecular weight is 197 g/mol. The van der Waals surface area contributed by atoms with Gasteiger partial charge in [0.05, 0.1) is 11.7 Å². The number of nitrogens with one attached hydrogen (secondary N) is 1. The van der Waals surface area contributed by atoms with E-state index in [9.17, 15) is 0 Å². The number of rotatable bonds is 4. The van der Waals surface area contributed by atoms with Gasteiger partial charge >= 0.3 is 0 Å². The second-order valence-corrected chi connectivity index (χ2v) is 5.46. The van der Waals surface area contributed by atoms with Gasteiger partial charge in [-0.3, -0.25) is 0 Å². The molecule has 2 rings (SSSR count). The molecule has 2 fully saturated rings.